The Hall–Kier alpha value is -1.83. The van der Waals surface area contributed by atoms with Crippen molar-refractivity contribution in [3.63, 3.8) is 0 Å². The zero-order valence-corrected chi connectivity index (χ0v) is 9.35. The number of nitriles is 1. The van der Waals surface area contributed by atoms with Crippen LogP contribution < -0.4 is 0 Å². The second-order valence-electron chi connectivity index (χ2n) is 4.35. The van der Waals surface area contributed by atoms with Crippen molar-refractivity contribution in [2.45, 2.75) is 13.8 Å². The average molecular weight is 223 g/mol. The van der Waals surface area contributed by atoms with Crippen LogP contribution in [0.1, 0.15) is 13.8 Å². The van der Waals surface area contributed by atoms with Gasteiger partial charge in [0.15, 0.2) is 0 Å². The van der Waals surface area contributed by atoms with Gasteiger partial charge in [0.1, 0.15) is 11.6 Å². The van der Waals surface area contributed by atoms with Crippen molar-refractivity contribution in [3.8, 4) is 6.07 Å². The summed E-state index contributed by atoms with van der Waals surface area (Å²) in [4.78, 5) is 22.0. The highest BCUT2D eigenvalue weighted by molar-refractivity contribution is 5.93. The fourth-order valence-corrected chi connectivity index (χ4v) is 1.90. The molecule has 5 nitrogen and oxygen atoms in total. The summed E-state index contributed by atoms with van der Waals surface area (Å²) in [6.45, 7) is 3.58. The lowest BCUT2D eigenvalue weighted by Gasteiger charge is -1.98. The summed E-state index contributed by atoms with van der Waals surface area (Å²) in [6, 6.07) is 1.71. The summed E-state index contributed by atoms with van der Waals surface area (Å²) in [5.74, 6) is -2.47. The zero-order chi connectivity index (χ0) is 12.5. The van der Waals surface area contributed by atoms with Crippen LogP contribution in [-0.4, -0.2) is 24.2 Å². The molecule has 2 atom stereocenters. The predicted molar refractivity (Wildman–Crippen MR) is 54.1 cm³/mol. The van der Waals surface area contributed by atoms with E-state index in [-0.39, 0.29) is 11.5 Å². The lowest BCUT2D eigenvalue weighted by atomic mass is 10.1. The van der Waals surface area contributed by atoms with Gasteiger partial charge in [-0.25, -0.2) is 4.79 Å². The van der Waals surface area contributed by atoms with Gasteiger partial charge >= 0.3 is 11.9 Å². The average Bonchev–Trinajstić information content (AvgIpc) is 2.75. The van der Waals surface area contributed by atoms with Crippen LogP contribution in [0.5, 0.6) is 0 Å². The first-order chi connectivity index (χ1) is 7.36. The molecule has 1 saturated carbocycles. The van der Waals surface area contributed by atoms with E-state index in [4.69, 9.17) is 10.4 Å². The van der Waals surface area contributed by atoms with E-state index in [1.54, 1.807) is 19.9 Å². The molecule has 1 aliphatic carbocycles. The van der Waals surface area contributed by atoms with Crippen molar-refractivity contribution in [2.75, 3.05) is 7.11 Å². The Bertz CT molecular complexity index is 403. The predicted octanol–water partition coefficient (Wildman–Crippen LogP) is 0.966. The number of hydrogen-bond acceptors (Lipinski definition) is 4. The van der Waals surface area contributed by atoms with E-state index in [1.165, 1.54) is 13.2 Å². The lowest BCUT2D eigenvalue weighted by Crippen LogP contribution is -2.04. The molecule has 0 saturated heterocycles. The molecule has 0 aliphatic heterocycles. The third kappa shape index (κ3) is 1.91. The summed E-state index contributed by atoms with van der Waals surface area (Å²) in [5.41, 5.74) is -0.550. The van der Waals surface area contributed by atoms with E-state index < -0.39 is 23.3 Å². The van der Waals surface area contributed by atoms with Gasteiger partial charge in [-0.05, 0) is 11.3 Å². The number of ether oxygens (including phenoxy) is 1. The summed E-state index contributed by atoms with van der Waals surface area (Å²) >= 11 is 0. The minimum Gasteiger partial charge on any atom is -0.481 e. The first-order valence-electron chi connectivity index (χ1n) is 4.79. The van der Waals surface area contributed by atoms with Gasteiger partial charge in [-0.3, -0.25) is 4.79 Å². The number of methoxy groups -OCH3 is 1. The molecule has 0 amide bonds. The van der Waals surface area contributed by atoms with Crippen molar-refractivity contribution in [1.82, 2.24) is 0 Å². The number of rotatable bonds is 3. The monoisotopic (exact) mass is 223 g/mol. The number of carbonyl (C=O) groups excluding carboxylic acids is 1. The number of carbonyl (C=O) groups is 2. The maximum atomic E-state index is 11.1. The topological polar surface area (TPSA) is 87.4 Å². The molecule has 16 heavy (non-hydrogen) atoms. The Kier molecular flexibility index (Phi) is 3.04. The smallest absolute Gasteiger partial charge is 0.348 e. The molecule has 86 valence electrons. The summed E-state index contributed by atoms with van der Waals surface area (Å²) in [5, 5.41) is 17.6. The normalized spacial score (nSPS) is 26.8. The van der Waals surface area contributed by atoms with Gasteiger partial charge < -0.3 is 9.84 Å². The Balaban J connectivity index is 2.91. The van der Waals surface area contributed by atoms with E-state index in [9.17, 15) is 9.59 Å². The molecule has 1 aliphatic rings. The standard InChI is InChI=1S/C11H13NO4/c1-11(2)7(8(11)9(13)14)4-6(5-12)10(15)16-3/h4,7-8H,1-3H3,(H,13,14)/t7-,8+/m1/s1. The van der Waals surface area contributed by atoms with E-state index in [0.29, 0.717) is 0 Å². The molecule has 1 fully saturated rings. The molecule has 0 aromatic heterocycles. The van der Waals surface area contributed by atoms with Crippen LogP contribution in [0.15, 0.2) is 11.6 Å². The highest BCUT2D eigenvalue weighted by atomic mass is 16.5. The minimum absolute atomic E-state index is 0.135. The van der Waals surface area contributed by atoms with Gasteiger partial charge in [0.2, 0.25) is 0 Å². The molecule has 0 heterocycles. The van der Waals surface area contributed by atoms with Crippen LogP contribution in [0.3, 0.4) is 0 Å². The number of aliphatic carboxylic acids is 1. The van der Waals surface area contributed by atoms with Crippen LogP contribution in [-0.2, 0) is 14.3 Å². The van der Waals surface area contributed by atoms with Gasteiger partial charge in [-0.1, -0.05) is 19.9 Å². The fraction of sp³-hybridized carbons (Fsp3) is 0.545. The van der Waals surface area contributed by atoms with Crippen LogP contribution in [0, 0.1) is 28.6 Å². The number of carboxylic acids is 1. The zero-order valence-electron chi connectivity index (χ0n) is 9.35. The number of allylic oxidation sites excluding steroid dienone is 1. The maximum Gasteiger partial charge on any atom is 0.348 e. The molecule has 1 rings (SSSR count). The Labute approximate surface area is 93.3 Å². The molecule has 0 unspecified atom stereocenters. The second-order valence-corrected chi connectivity index (χ2v) is 4.35. The van der Waals surface area contributed by atoms with Gasteiger partial charge in [0.05, 0.1) is 13.0 Å². The quantitative estimate of drug-likeness (QED) is 0.437. The van der Waals surface area contributed by atoms with Gasteiger partial charge in [-0.2, -0.15) is 5.26 Å². The molecule has 0 bridgehead atoms. The van der Waals surface area contributed by atoms with Crippen LogP contribution in [0.4, 0.5) is 0 Å². The molecule has 1 N–H and O–H groups in total. The lowest BCUT2D eigenvalue weighted by molar-refractivity contribution is -0.139. The minimum atomic E-state index is -0.909. The van der Waals surface area contributed by atoms with Crippen LogP contribution in [0.2, 0.25) is 0 Å². The fourth-order valence-electron chi connectivity index (χ4n) is 1.90. The Morgan fingerprint density at radius 3 is 2.38 bits per heavy atom. The van der Waals surface area contributed by atoms with Gasteiger partial charge in [0.25, 0.3) is 0 Å². The Morgan fingerprint density at radius 1 is 1.50 bits per heavy atom. The highest BCUT2D eigenvalue weighted by Crippen LogP contribution is 2.59. The summed E-state index contributed by atoms with van der Waals surface area (Å²) in [6.07, 6.45) is 1.39. The molecule has 0 aromatic carbocycles. The summed E-state index contributed by atoms with van der Waals surface area (Å²) < 4.78 is 4.42. The van der Waals surface area contributed by atoms with Crippen LogP contribution >= 0.6 is 0 Å². The second kappa shape index (κ2) is 3.97. The van der Waals surface area contributed by atoms with Crippen molar-refractivity contribution in [3.05, 3.63) is 11.6 Å². The first-order valence-corrected chi connectivity index (χ1v) is 4.79. The third-order valence-corrected chi connectivity index (χ3v) is 3.05. The van der Waals surface area contributed by atoms with Crippen molar-refractivity contribution < 1.29 is 19.4 Å². The molecule has 5 heteroatoms. The number of carboxylic acid groups (broad SMARTS) is 1. The molecule has 0 spiro atoms. The van der Waals surface area contributed by atoms with Gasteiger partial charge in [-0.15, -0.1) is 0 Å². The van der Waals surface area contributed by atoms with Crippen molar-refractivity contribution >= 4 is 11.9 Å². The van der Waals surface area contributed by atoms with Crippen LogP contribution in [0.25, 0.3) is 0 Å². The van der Waals surface area contributed by atoms with Crippen molar-refractivity contribution in [2.24, 2.45) is 17.3 Å². The van der Waals surface area contributed by atoms with E-state index in [0.717, 1.165) is 0 Å². The molecule has 0 aromatic rings. The Morgan fingerprint density at radius 2 is 2.06 bits per heavy atom. The third-order valence-electron chi connectivity index (χ3n) is 3.05. The van der Waals surface area contributed by atoms with E-state index >= 15 is 0 Å². The molecular formula is C11H13NO4. The van der Waals surface area contributed by atoms with E-state index in [1.807, 2.05) is 0 Å². The number of hydrogen-bond donors (Lipinski definition) is 1. The summed E-state index contributed by atoms with van der Waals surface area (Å²) in [7, 11) is 1.18. The van der Waals surface area contributed by atoms with E-state index in [2.05, 4.69) is 4.74 Å². The SMILES string of the molecule is COC(=O)C(C#N)=C[C@@H]1[C@@H](C(=O)O)C1(C)C. The number of esters is 1. The maximum absolute atomic E-state index is 11.1. The number of nitrogens with zero attached hydrogens (tertiary/aromatic N) is 1. The molecular weight excluding hydrogens is 210 g/mol. The first kappa shape index (κ1) is 12.2. The van der Waals surface area contributed by atoms with Crippen molar-refractivity contribution in [1.29, 1.82) is 5.26 Å². The largest absolute Gasteiger partial charge is 0.481 e. The van der Waals surface area contributed by atoms with Gasteiger partial charge in [0, 0.05) is 0 Å². The molecule has 0 radical (unpaired) electrons. The highest BCUT2D eigenvalue weighted by Gasteiger charge is 2.61.